The van der Waals surface area contributed by atoms with E-state index in [-0.39, 0.29) is 0 Å². The van der Waals surface area contributed by atoms with Crippen molar-refractivity contribution in [3.63, 3.8) is 0 Å². The van der Waals surface area contributed by atoms with E-state index in [4.69, 9.17) is 4.52 Å². The third-order valence-corrected chi connectivity index (χ3v) is 4.24. The maximum atomic E-state index is 5.44. The van der Waals surface area contributed by atoms with Crippen LogP contribution in [0, 0.1) is 0 Å². The van der Waals surface area contributed by atoms with Crippen molar-refractivity contribution in [1.82, 2.24) is 15.0 Å². The quantitative estimate of drug-likeness (QED) is 0.857. The molecule has 108 valence electrons. The fourth-order valence-corrected chi connectivity index (χ4v) is 2.97. The van der Waals surface area contributed by atoms with E-state index in [2.05, 4.69) is 41.2 Å². The summed E-state index contributed by atoms with van der Waals surface area (Å²) in [6.07, 6.45) is 2.37. The van der Waals surface area contributed by atoms with Crippen LogP contribution in [0.1, 0.15) is 24.5 Å². The van der Waals surface area contributed by atoms with Crippen molar-refractivity contribution >= 4 is 11.0 Å². The second-order valence-corrected chi connectivity index (χ2v) is 5.98. The lowest BCUT2D eigenvalue weighted by Crippen LogP contribution is -2.37. The minimum atomic E-state index is 0.550. The van der Waals surface area contributed by atoms with Gasteiger partial charge in [0, 0.05) is 24.4 Å². The van der Waals surface area contributed by atoms with Crippen molar-refractivity contribution in [1.29, 1.82) is 0 Å². The molecular formula is C16H23N3O. The highest BCUT2D eigenvalue weighted by molar-refractivity contribution is 5.79. The number of piperidine rings is 1. The number of likely N-dealkylation sites (tertiary alicyclic amines) is 1. The van der Waals surface area contributed by atoms with Crippen LogP contribution < -0.4 is 0 Å². The molecule has 0 bridgehead atoms. The summed E-state index contributed by atoms with van der Waals surface area (Å²) in [5, 5.41) is 5.51. The van der Waals surface area contributed by atoms with Crippen LogP contribution in [0.3, 0.4) is 0 Å². The molecule has 0 unspecified atom stereocenters. The molecule has 3 rings (SSSR count). The Kier molecular flexibility index (Phi) is 4.03. The molecule has 1 aliphatic heterocycles. The van der Waals surface area contributed by atoms with Crippen LogP contribution in [0.5, 0.6) is 0 Å². The number of fused-ring (bicyclic) bond motifs is 1. The van der Waals surface area contributed by atoms with Crippen LogP contribution in [0.2, 0.25) is 0 Å². The van der Waals surface area contributed by atoms with Crippen molar-refractivity contribution in [2.45, 2.75) is 18.8 Å². The van der Waals surface area contributed by atoms with Gasteiger partial charge in [-0.1, -0.05) is 17.3 Å². The Morgan fingerprint density at radius 3 is 2.75 bits per heavy atom. The number of hydrogen-bond donors (Lipinski definition) is 0. The average Bonchev–Trinajstić information content (AvgIpc) is 2.89. The zero-order valence-corrected chi connectivity index (χ0v) is 12.4. The Hall–Kier alpha value is -1.39. The first kappa shape index (κ1) is 13.6. The zero-order valence-electron chi connectivity index (χ0n) is 12.4. The van der Waals surface area contributed by atoms with E-state index < -0.39 is 0 Å². The molecule has 2 aromatic rings. The monoisotopic (exact) mass is 273 g/mol. The molecular weight excluding hydrogens is 250 g/mol. The van der Waals surface area contributed by atoms with Crippen molar-refractivity contribution < 1.29 is 4.52 Å². The molecule has 20 heavy (non-hydrogen) atoms. The topological polar surface area (TPSA) is 32.5 Å². The maximum absolute atomic E-state index is 5.44. The third-order valence-electron chi connectivity index (χ3n) is 4.24. The summed E-state index contributed by atoms with van der Waals surface area (Å²) in [5.41, 5.74) is 2.07. The van der Waals surface area contributed by atoms with Gasteiger partial charge < -0.3 is 14.3 Å². The normalized spacial score (nSPS) is 18.1. The fraction of sp³-hybridized carbons (Fsp3) is 0.562. The second-order valence-electron chi connectivity index (χ2n) is 5.98. The number of benzene rings is 1. The van der Waals surface area contributed by atoms with E-state index >= 15 is 0 Å². The molecule has 0 atom stereocenters. The van der Waals surface area contributed by atoms with Crippen LogP contribution in [-0.4, -0.2) is 55.2 Å². The summed E-state index contributed by atoms with van der Waals surface area (Å²) in [4.78, 5) is 4.80. The summed E-state index contributed by atoms with van der Waals surface area (Å²) < 4.78 is 5.44. The van der Waals surface area contributed by atoms with Gasteiger partial charge in [0.15, 0.2) is 5.58 Å². The average molecular weight is 273 g/mol. The number of nitrogens with zero attached hydrogens (tertiary/aromatic N) is 3. The predicted octanol–water partition coefficient (Wildman–Crippen LogP) is 2.57. The van der Waals surface area contributed by atoms with Crippen LogP contribution in [0.4, 0.5) is 0 Å². The van der Waals surface area contributed by atoms with E-state index in [1.165, 1.54) is 37.9 Å². The summed E-state index contributed by atoms with van der Waals surface area (Å²) >= 11 is 0. The van der Waals surface area contributed by atoms with Gasteiger partial charge in [-0.3, -0.25) is 0 Å². The lowest BCUT2D eigenvalue weighted by atomic mass is 9.91. The van der Waals surface area contributed by atoms with E-state index in [0.29, 0.717) is 5.92 Å². The van der Waals surface area contributed by atoms with Gasteiger partial charge in [-0.15, -0.1) is 0 Å². The van der Waals surface area contributed by atoms with E-state index in [9.17, 15) is 0 Å². The van der Waals surface area contributed by atoms with Crippen LogP contribution in [-0.2, 0) is 0 Å². The first-order chi connectivity index (χ1) is 9.74. The van der Waals surface area contributed by atoms with E-state index in [1.54, 1.807) is 0 Å². The van der Waals surface area contributed by atoms with Gasteiger partial charge in [0.05, 0.1) is 5.69 Å². The van der Waals surface area contributed by atoms with Crippen molar-refractivity contribution in [3.05, 3.63) is 30.0 Å². The molecule has 1 aromatic carbocycles. The van der Waals surface area contributed by atoms with Gasteiger partial charge in [-0.25, -0.2) is 0 Å². The fourth-order valence-electron chi connectivity index (χ4n) is 2.97. The molecule has 1 fully saturated rings. The first-order valence-electron chi connectivity index (χ1n) is 7.45. The van der Waals surface area contributed by atoms with Crippen LogP contribution in [0.15, 0.2) is 28.8 Å². The van der Waals surface area contributed by atoms with E-state index in [1.807, 2.05) is 12.1 Å². The summed E-state index contributed by atoms with van der Waals surface area (Å²) in [6.45, 7) is 4.64. The predicted molar refractivity (Wildman–Crippen MR) is 81.0 cm³/mol. The molecule has 0 radical (unpaired) electrons. The Morgan fingerprint density at radius 2 is 2.00 bits per heavy atom. The molecule has 0 N–H and O–H groups in total. The molecule has 4 heteroatoms. The molecule has 1 aliphatic rings. The van der Waals surface area contributed by atoms with Gasteiger partial charge in [0.1, 0.15) is 0 Å². The van der Waals surface area contributed by atoms with Gasteiger partial charge in [0.25, 0.3) is 0 Å². The molecule has 4 nitrogen and oxygen atoms in total. The van der Waals surface area contributed by atoms with Gasteiger partial charge in [-0.2, -0.15) is 0 Å². The Morgan fingerprint density at radius 1 is 1.25 bits per heavy atom. The molecule has 0 aliphatic carbocycles. The third kappa shape index (κ3) is 2.86. The minimum absolute atomic E-state index is 0.550. The molecule has 0 saturated carbocycles. The Bertz CT molecular complexity index is 556. The number of likely N-dealkylation sites (N-methyl/N-ethyl adjacent to an activating group) is 1. The molecule has 1 aromatic heterocycles. The first-order valence-corrected chi connectivity index (χ1v) is 7.45. The highest BCUT2D eigenvalue weighted by Crippen LogP contribution is 2.32. The SMILES string of the molecule is CN(C)CCN1CCC(c2noc3ccccc23)CC1. The number of rotatable bonds is 4. The van der Waals surface area contributed by atoms with E-state index in [0.717, 1.165) is 17.8 Å². The standard InChI is InChI=1S/C16H23N3O/c1-18(2)11-12-19-9-7-13(8-10-19)16-14-5-3-4-6-15(14)20-17-16/h3-6,13H,7-12H2,1-2H3. The minimum Gasteiger partial charge on any atom is -0.356 e. The molecule has 0 amide bonds. The van der Waals surface area contributed by atoms with Crippen molar-refractivity contribution in [2.75, 3.05) is 40.3 Å². The Balaban J connectivity index is 1.63. The Labute approximate surface area is 120 Å². The number of aromatic nitrogens is 1. The van der Waals surface area contributed by atoms with Gasteiger partial charge in [-0.05, 0) is 52.2 Å². The van der Waals surface area contributed by atoms with Crippen LogP contribution >= 0.6 is 0 Å². The molecule has 0 spiro atoms. The summed E-state index contributed by atoms with van der Waals surface area (Å²) in [5.74, 6) is 0.550. The van der Waals surface area contributed by atoms with Gasteiger partial charge in [0.2, 0.25) is 0 Å². The second kappa shape index (κ2) is 5.94. The van der Waals surface area contributed by atoms with Crippen LogP contribution in [0.25, 0.3) is 11.0 Å². The van der Waals surface area contributed by atoms with Crippen molar-refractivity contribution in [3.8, 4) is 0 Å². The number of hydrogen-bond acceptors (Lipinski definition) is 4. The molecule has 2 heterocycles. The highest BCUT2D eigenvalue weighted by Gasteiger charge is 2.24. The van der Waals surface area contributed by atoms with Gasteiger partial charge >= 0.3 is 0 Å². The maximum Gasteiger partial charge on any atom is 0.167 e. The van der Waals surface area contributed by atoms with Crippen molar-refractivity contribution in [2.24, 2.45) is 0 Å². The largest absolute Gasteiger partial charge is 0.356 e. The number of para-hydroxylation sites is 1. The summed E-state index contributed by atoms with van der Waals surface area (Å²) in [7, 11) is 4.27. The highest BCUT2D eigenvalue weighted by atomic mass is 16.5. The zero-order chi connectivity index (χ0) is 13.9. The lowest BCUT2D eigenvalue weighted by molar-refractivity contribution is 0.191. The lowest BCUT2D eigenvalue weighted by Gasteiger charge is -2.31. The molecule has 1 saturated heterocycles. The smallest absolute Gasteiger partial charge is 0.167 e. The summed E-state index contributed by atoms with van der Waals surface area (Å²) in [6, 6.07) is 8.19.